The van der Waals surface area contributed by atoms with E-state index in [1.165, 1.54) is 0 Å². The molecular formula is C13H26N2OS. The van der Waals surface area contributed by atoms with Crippen molar-refractivity contribution < 1.29 is 4.79 Å². The summed E-state index contributed by atoms with van der Waals surface area (Å²) in [5, 5.41) is 3.45. The van der Waals surface area contributed by atoms with E-state index in [0.29, 0.717) is 12.0 Å². The molecule has 1 saturated carbocycles. The summed E-state index contributed by atoms with van der Waals surface area (Å²) in [6, 6.07) is 0.307. The predicted molar refractivity (Wildman–Crippen MR) is 75.2 cm³/mol. The molecule has 1 rings (SSSR count). The van der Waals surface area contributed by atoms with E-state index in [4.69, 9.17) is 5.73 Å². The van der Waals surface area contributed by atoms with Gasteiger partial charge in [0.15, 0.2) is 0 Å². The van der Waals surface area contributed by atoms with Gasteiger partial charge < -0.3 is 11.1 Å². The fraction of sp³-hybridized carbons (Fsp3) is 0.923. The van der Waals surface area contributed by atoms with Crippen LogP contribution in [-0.2, 0) is 4.79 Å². The molecule has 0 aromatic heterocycles. The fourth-order valence-corrected chi connectivity index (χ4v) is 3.68. The summed E-state index contributed by atoms with van der Waals surface area (Å²) in [5.41, 5.74) is 5.23. The molecular weight excluding hydrogens is 232 g/mol. The van der Waals surface area contributed by atoms with Gasteiger partial charge in [0, 0.05) is 6.04 Å². The molecule has 1 aliphatic carbocycles. The Morgan fingerprint density at radius 2 is 2.29 bits per heavy atom. The van der Waals surface area contributed by atoms with Gasteiger partial charge >= 0.3 is 0 Å². The third-order valence-corrected chi connectivity index (χ3v) is 4.55. The first-order valence-electron chi connectivity index (χ1n) is 6.68. The van der Waals surface area contributed by atoms with E-state index >= 15 is 0 Å². The molecule has 0 bridgehead atoms. The average Bonchev–Trinajstić information content (AvgIpc) is 2.62. The minimum Gasteiger partial charge on any atom is -0.368 e. The normalized spacial score (nSPS) is 28.8. The van der Waals surface area contributed by atoms with E-state index in [9.17, 15) is 4.79 Å². The first kappa shape index (κ1) is 14.8. The number of hydrogen-bond acceptors (Lipinski definition) is 3. The van der Waals surface area contributed by atoms with Crippen molar-refractivity contribution in [1.82, 2.24) is 5.32 Å². The first-order chi connectivity index (χ1) is 8.03. The smallest absolute Gasteiger partial charge is 0.238 e. The van der Waals surface area contributed by atoms with E-state index in [-0.39, 0.29) is 5.91 Å². The van der Waals surface area contributed by atoms with Crippen LogP contribution in [-0.4, -0.2) is 29.0 Å². The van der Waals surface area contributed by atoms with Gasteiger partial charge in [-0.15, -0.1) is 0 Å². The second-order valence-electron chi connectivity index (χ2n) is 5.21. The van der Waals surface area contributed by atoms with Crippen molar-refractivity contribution in [3.8, 4) is 0 Å². The summed E-state index contributed by atoms with van der Waals surface area (Å²) in [6.07, 6.45) is 4.25. The molecule has 2 unspecified atom stereocenters. The van der Waals surface area contributed by atoms with Crippen LogP contribution in [0.3, 0.4) is 0 Å². The minimum absolute atomic E-state index is 0.157. The monoisotopic (exact) mass is 258 g/mol. The van der Waals surface area contributed by atoms with Gasteiger partial charge in [-0.05, 0) is 50.5 Å². The highest BCUT2D eigenvalue weighted by atomic mass is 32.2. The first-order valence-corrected chi connectivity index (χ1v) is 7.83. The maximum atomic E-state index is 11.9. The third kappa shape index (κ3) is 3.62. The van der Waals surface area contributed by atoms with Gasteiger partial charge in [-0.1, -0.05) is 13.3 Å². The second kappa shape index (κ2) is 6.64. The molecule has 0 radical (unpaired) electrons. The van der Waals surface area contributed by atoms with Crippen molar-refractivity contribution in [2.24, 2.45) is 11.7 Å². The van der Waals surface area contributed by atoms with E-state index in [0.717, 1.165) is 37.2 Å². The van der Waals surface area contributed by atoms with E-state index in [1.807, 2.05) is 11.8 Å². The lowest BCUT2D eigenvalue weighted by Crippen LogP contribution is -2.60. The molecule has 3 N–H and O–H groups in total. The largest absolute Gasteiger partial charge is 0.368 e. The fourth-order valence-electron chi connectivity index (χ4n) is 2.94. The average molecular weight is 258 g/mol. The molecule has 1 fully saturated rings. The van der Waals surface area contributed by atoms with Crippen LogP contribution >= 0.6 is 11.8 Å². The zero-order chi connectivity index (χ0) is 12.9. The Morgan fingerprint density at radius 1 is 1.59 bits per heavy atom. The van der Waals surface area contributed by atoms with E-state index in [1.54, 1.807) is 0 Å². The molecule has 0 aliphatic heterocycles. The van der Waals surface area contributed by atoms with Crippen molar-refractivity contribution in [1.29, 1.82) is 0 Å². The van der Waals surface area contributed by atoms with Crippen LogP contribution in [0.5, 0.6) is 0 Å². The lowest BCUT2D eigenvalue weighted by atomic mass is 9.83. The lowest BCUT2D eigenvalue weighted by Gasteiger charge is -2.35. The number of primary amides is 1. The van der Waals surface area contributed by atoms with Crippen molar-refractivity contribution in [2.45, 2.75) is 58.0 Å². The van der Waals surface area contributed by atoms with Gasteiger partial charge in [0.25, 0.3) is 0 Å². The van der Waals surface area contributed by atoms with Gasteiger partial charge in [0.1, 0.15) is 5.54 Å². The second-order valence-corrected chi connectivity index (χ2v) is 6.60. The molecule has 0 aromatic rings. The summed E-state index contributed by atoms with van der Waals surface area (Å²) in [5.74, 6) is 2.54. The Labute approximate surface area is 109 Å². The summed E-state index contributed by atoms with van der Waals surface area (Å²) in [6.45, 7) is 6.34. The molecule has 0 saturated heterocycles. The number of carbonyl (C=O) groups is 1. The molecule has 3 nitrogen and oxygen atoms in total. The SMILES string of the molecule is CCSCCC1CCCC1(NC(C)C)C(N)=O. The lowest BCUT2D eigenvalue weighted by molar-refractivity contribution is -0.126. The van der Waals surface area contributed by atoms with Crippen LogP contribution in [0.25, 0.3) is 0 Å². The predicted octanol–water partition coefficient (Wildman–Crippen LogP) is 2.15. The summed E-state index contributed by atoms with van der Waals surface area (Å²) in [7, 11) is 0. The summed E-state index contributed by atoms with van der Waals surface area (Å²) >= 11 is 1.95. The van der Waals surface area contributed by atoms with Crippen LogP contribution in [0.4, 0.5) is 0 Å². The number of nitrogens with two attached hydrogens (primary N) is 1. The van der Waals surface area contributed by atoms with Crippen LogP contribution in [0.15, 0.2) is 0 Å². The molecule has 4 heteroatoms. The van der Waals surface area contributed by atoms with Crippen LogP contribution < -0.4 is 11.1 Å². The summed E-state index contributed by atoms with van der Waals surface area (Å²) < 4.78 is 0. The van der Waals surface area contributed by atoms with Crippen LogP contribution in [0.2, 0.25) is 0 Å². The molecule has 0 spiro atoms. The maximum absolute atomic E-state index is 11.9. The zero-order valence-corrected chi connectivity index (χ0v) is 12.1. The number of thioether (sulfide) groups is 1. The Balaban J connectivity index is 2.68. The van der Waals surface area contributed by atoms with Crippen molar-refractivity contribution in [3.63, 3.8) is 0 Å². The highest BCUT2D eigenvalue weighted by molar-refractivity contribution is 7.99. The van der Waals surface area contributed by atoms with Crippen LogP contribution in [0, 0.1) is 5.92 Å². The van der Waals surface area contributed by atoms with E-state index < -0.39 is 5.54 Å². The van der Waals surface area contributed by atoms with Crippen molar-refractivity contribution in [3.05, 3.63) is 0 Å². The van der Waals surface area contributed by atoms with E-state index in [2.05, 4.69) is 26.1 Å². The van der Waals surface area contributed by atoms with Crippen molar-refractivity contribution >= 4 is 17.7 Å². The van der Waals surface area contributed by atoms with Crippen molar-refractivity contribution in [2.75, 3.05) is 11.5 Å². The Morgan fingerprint density at radius 3 is 2.82 bits per heavy atom. The molecule has 2 atom stereocenters. The zero-order valence-electron chi connectivity index (χ0n) is 11.3. The number of rotatable bonds is 7. The highest BCUT2D eigenvalue weighted by Crippen LogP contribution is 2.38. The number of carbonyl (C=O) groups excluding carboxylic acids is 1. The summed E-state index contributed by atoms with van der Waals surface area (Å²) in [4.78, 5) is 11.9. The molecule has 100 valence electrons. The molecule has 0 heterocycles. The van der Waals surface area contributed by atoms with Gasteiger partial charge in [-0.2, -0.15) is 11.8 Å². The number of hydrogen-bond donors (Lipinski definition) is 2. The van der Waals surface area contributed by atoms with Gasteiger partial charge in [-0.3, -0.25) is 4.79 Å². The third-order valence-electron chi connectivity index (χ3n) is 3.62. The Bertz CT molecular complexity index is 258. The number of amides is 1. The standard InChI is InChI=1S/C13H26N2OS/c1-4-17-9-7-11-6-5-8-13(11,12(14)16)15-10(2)3/h10-11,15H,4-9H2,1-3H3,(H2,14,16). The highest BCUT2D eigenvalue weighted by Gasteiger charge is 2.47. The maximum Gasteiger partial charge on any atom is 0.238 e. The van der Waals surface area contributed by atoms with Gasteiger partial charge in [-0.25, -0.2) is 0 Å². The minimum atomic E-state index is -0.442. The quantitative estimate of drug-likeness (QED) is 0.688. The van der Waals surface area contributed by atoms with Gasteiger partial charge in [0.05, 0.1) is 0 Å². The molecule has 1 aliphatic rings. The molecule has 1 amide bonds. The molecule has 17 heavy (non-hydrogen) atoms. The van der Waals surface area contributed by atoms with Crippen LogP contribution in [0.1, 0.15) is 46.5 Å². The van der Waals surface area contributed by atoms with Gasteiger partial charge in [0.2, 0.25) is 5.91 Å². The topological polar surface area (TPSA) is 55.1 Å². The Hall–Kier alpha value is -0.220. The molecule has 0 aromatic carbocycles. The Kier molecular flexibility index (Phi) is 5.80. The number of nitrogens with one attached hydrogen (secondary N) is 1.